The van der Waals surface area contributed by atoms with E-state index < -0.39 is 0 Å². The normalized spacial score (nSPS) is 13.5. The molecule has 1 saturated heterocycles. The molecule has 1 fully saturated rings. The summed E-state index contributed by atoms with van der Waals surface area (Å²) in [4.78, 5) is 14.8. The number of carbonyl (C=O) groups is 1. The van der Waals surface area contributed by atoms with Crippen LogP contribution in [0.2, 0.25) is 10.0 Å². The molecular weight excluding hydrogens is 525 g/mol. The molecule has 0 unspecified atom stereocenters. The molecule has 1 amide bonds. The Balaban J connectivity index is 1.40. The van der Waals surface area contributed by atoms with Crippen molar-refractivity contribution in [2.24, 2.45) is 5.10 Å². The molecule has 8 heteroatoms. The molecule has 3 aromatic carbocycles. The molecule has 1 aliphatic heterocycles. The van der Waals surface area contributed by atoms with Crippen LogP contribution < -0.4 is 15.1 Å². The average molecular weight is 547 g/mol. The molecule has 33 heavy (non-hydrogen) atoms. The van der Waals surface area contributed by atoms with Crippen molar-refractivity contribution < 1.29 is 9.53 Å². The summed E-state index contributed by atoms with van der Waals surface area (Å²) in [6.45, 7) is 2.41. The summed E-state index contributed by atoms with van der Waals surface area (Å²) in [5, 5.41) is 5.24. The quantitative estimate of drug-likeness (QED) is 0.265. The molecule has 170 valence electrons. The Kier molecular flexibility index (Phi) is 7.91. The van der Waals surface area contributed by atoms with Gasteiger partial charge in [0.15, 0.2) is 0 Å². The smallest absolute Gasteiger partial charge is 0.271 e. The number of rotatable bonds is 7. The summed E-state index contributed by atoms with van der Waals surface area (Å²) >= 11 is 15.7. The van der Waals surface area contributed by atoms with Crippen LogP contribution >= 0.6 is 39.1 Å². The lowest BCUT2D eigenvalue weighted by atomic mass is 10.2. The van der Waals surface area contributed by atoms with Crippen molar-refractivity contribution >= 4 is 56.9 Å². The third-order valence-electron chi connectivity index (χ3n) is 5.34. The first kappa shape index (κ1) is 23.6. The number of ether oxygens (including phenoxy) is 1. The number of hydrazone groups is 1. The molecule has 0 aliphatic carbocycles. The number of amides is 1. The van der Waals surface area contributed by atoms with E-state index in [-0.39, 0.29) is 12.5 Å². The Morgan fingerprint density at radius 3 is 2.55 bits per heavy atom. The first-order valence-corrected chi connectivity index (χ1v) is 12.1. The van der Waals surface area contributed by atoms with Gasteiger partial charge < -0.3 is 9.64 Å². The maximum absolute atomic E-state index is 12.5. The van der Waals surface area contributed by atoms with Gasteiger partial charge in [-0.1, -0.05) is 45.2 Å². The monoisotopic (exact) mass is 545 g/mol. The van der Waals surface area contributed by atoms with Crippen molar-refractivity contribution in [2.75, 3.05) is 18.0 Å². The molecule has 0 saturated carbocycles. The Labute approximate surface area is 211 Å². The zero-order valence-corrected chi connectivity index (χ0v) is 20.8. The van der Waals surface area contributed by atoms with Crippen molar-refractivity contribution in [3.63, 3.8) is 0 Å². The van der Waals surface area contributed by atoms with Crippen LogP contribution in [0, 0.1) is 0 Å². The molecular formula is C25H22BrCl2N3O2. The van der Waals surface area contributed by atoms with E-state index in [0.717, 1.165) is 28.8 Å². The third kappa shape index (κ3) is 6.28. The number of nitrogens with zero attached hydrogens (tertiary/aromatic N) is 2. The van der Waals surface area contributed by atoms with Crippen LogP contribution in [0.5, 0.6) is 5.75 Å². The highest BCUT2D eigenvalue weighted by Crippen LogP contribution is 2.26. The second-order valence-electron chi connectivity index (χ2n) is 7.65. The molecule has 1 aliphatic rings. The highest BCUT2D eigenvalue weighted by molar-refractivity contribution is 9.10. The van der Waals surface area contributed by atoms with Crippen molar-refractivity contribution in [2.45, 2.75) is 19.4 Å². The van der Waals surface area contributed by atoms with E-state index in [0.29, 0.717) is 26.9 Å². The second kappa shape index (κ2) is 11.1. The lowest BCUT2D eigenvalue weighted by Crippen LogP contribution is -2.19. The zero-order valence-electron chi connectivity index (χ0n) is 17.7. The lowest BCUT2D eigenvalue weighted by Gasteiger charge is -2.17. The minimum atomic E-state index is -0.273. The van der Waals surface area contributed by atoms with Crippen LogP contribution in [0.15, 0.2) is 70.2 Å². The van der Waals surface area contributed by atoms with E-state index in [1.54, 1.807) is 18.3 Å². The standard InChI is InChI=1S/C25H22BrCl2N3O2/c26-20-6-10-24(33-16-18-3-7-21(27)14-23(18)28)19(13-20)15-29-30-25(32)17-4-8-22(9-5-17)31-11-1-2-12-31/h3-10,13-15H,1-2,11-12,16H2,(H,30,32)/b29-15-. The van der Waals surface area contributed by atoms with Crippen molar-refractivity contribution in [3.05, 3.63) is 91.9 Å². The fourth-order valence-electron chi connectivity index (χ4n) is 3.57. The average Bonchev–Trinajstić information content (AvgIpc) is 3.35. The number of anilines is 1. The number of carbonyl (C=O) groups excluding carboxylic acids is 1. The topological polar surface area (TPSA) is 53.9 Å². The highest BCUT2D eigenvalue weighted by atomic mass is 79.9. The van der Waals surface area contributed by atoms with Gasteiger partial charge >= 0.3 is 0 Å². The van der Waals surface area contributed by atoms with E-state index >= 15 is 0 Å². The van der Waals surface area contributed by atoms with Crippen LogP contribution in [0.4, 0.5) is 5.69 Å². The molecule has 5 nitrogen and oxygen atoms in total. The van der Waals surface area contributed by atoms with Crippen molar-refractivity contribution in [3.8, 4) is 5.75 Å². The Morgan fingerprint density at radius 1 is 1.06 bits per heavy atom. The van der Waals surface area contributed by atoms with E-state index in [2.05, 4.69) is 31.4 Å². The predicted octanol–water partition coefficient (Wildman–Crippen LogP) is 6.70. The van der Waals surface area contributed by atoms with Crippen LogP contribution in [-0.2, 0) is 6.61 Å². The molecule has 0 bridgehead atoms. The SMILES string of the molecule is O=C(N/N=C\c1cc(Br)ccc1OCc1ccc(Cl)cc1Cl)c1ccc(N2CCCC2)cc1. The van der Waals surface area contributed by atoms with Crippen LogP contribution in [0.25, 0.3) is 0 Å². The molecule has 0 aromatic heterocycles. The number of halogens is 3. The molecule has 0 spiro atoms. The van der Waals surface area contributed by atoms with E-state index in [4.69, 9.17) is 27.9 Å². The molecule has 0 atom stereocenters. The largest absolute Gasteiger partial charge is 0.488 e. The lowest BCUT2D eigenvalue weighted by molar-refractivity contribution is 0.0955. The van der Waals surface area contributed by atoms with Crippen LogP contribution in [0.1, 0.15) is 34.3 Å². The fraction of sp³-hybridized carbons (Fsp3) is 0.200. The summed E-state index contributed by atoms with van der Waals surface area (Å²) in [5.74, 6) is 0.335. The molecule has 0 radical (unpaired) electrons. The van der Waals surface area contributed by atoms with Crippen molar-refractivity contribution in [1.82, 2.24) is 5.43 Å². The van der Waals surface area contributed by atoms with Gasteiger partial charge in [0.1, 0.15) is 12.4 Å². The first-order chi connectivity index (χ1) is 16.0. The zero-order chi connectivity index (χ0) is 23.2. The summed E-state index contributed by atoms with van der Waals surface area (Å²) < 4.78 is 6.81. The van der Waals surface area contributed by atoms with Gasteiger partial charge in [0.25, 0.3) is 5.91 Å². The number of hydrogen-bond acceptors (Lipinski definition) is 4. The summed E-state index contributed by atoms with van der Waals surface area (Å²) in [5.41, 5.74) is 5.80. The maximum atomic E-state index is 12.5. The van der Waals surface area contributed by atoms with E-state index in [1.165, 1.54) is 12.8 Å². The van der Waals surface area contributed by atoms with Gasteiger partial charge in [-0.05, 0) is 67.4 Å². The molecule has 1 heterocycles. The van der Waals surface area contributed by atoms with Gasteiger partial charge in [-0.3, -0.25) is 4.79 Å². The number of nitrogens with one attached hydrogen (secondary N) is 1. The molecule has 3 aromatic rings. The minimum Gasteiger partial charge on any atom is -0.488 e. The number of benzene rings is 3. The van der Waals surface area contributed by atoms with E-state index in [9.17, 15) is 4.79 Å². The van der Waals surface area contributed by atoms with Crippen LogP contribution in [0.3, 0.4) is 0 Å². The summed E-state index contributed by atoms with van der Waals surface area (Å²) in [6, 6.07) is 18.4. The Hall–Kier alpha value is -2.54. The second-order valence-corrected chi connectivity index (χ2v) is 9.41. The molecule has 4 rings (SSSR count). The summed E-state index contributed by atoms with van der Waals surface area (Å²) in [7, 11) is 0. The third-order valence-corrected chi connectivity index (χ3v) is 6.42. The van der Waals surface area contributed by atoms with Crippen LogP contribution in [-0.4, -0.2) is 25.2 Å². The first-order valence-electron chi connectivity index (χ1n) is 10.5. The van der Waals surface area contributed by atoms with Gasteiger partial charge in [0.2, 0.25) is 0 Å². The van der Waals surface area contributed by atoms with Gasteiger partial charge in [0.05, 0.1) is 6.21 Å². The summed E-state index contributed by atoms with van der Waals surface area (Å²) in [6.07, 6.45) is 3.98. The minimum absolute atomic E-state index is 0.272. The maximum Gasteiger partial charge on any atom is 0.271 e. The fourth-order valence-corrected chi connectivity index (χ4v) is 4.41. The highest BCUT2D eigenvalue weighted by Gasteiger charge is 2.13. The van der Waals surface area contributed by atoms with Gasteiger partial charge in [-0.15, -0.1) is 0 Å². The Bertz CT molecular complexity index is 1160. The van der Waals surface area contributed by atoms with Gasteiger partial charge in [-0.2, -0.15) is 5.10 Å². The van der Waals surface area contributed by atoms with E-state index in [1.807, 2.05) is 48.5 Å². The van der Waals surface area contributed by atoms with Gasteiger partial charge in [-0.25, -0.2) is 5.43 Å². The number of hydrogen-bond donors (Lipinski definition) is 1. The van der Waals surface area contributed by atoms with Gasteiger partial charge in [0, 0.05) is 50.0 Å². The Morgan fingerprint density at radius 2 is 1.82 bits per heavy atom. The predicted molar refractivity (Wildman–Crippen MR) is 138 cm³/mol. The molecule has 1 N–H and O–H groups in total. The van der Waals surface area contributed by atoms with Crippen molar-refractivity contribution in [1.29, 1.82) is 0 Å².